The Morgan fingerprint density at radius 2 is 2.36 bits per heavy atom. The largest absolute Gasteiger partial charge is 0.295 e. The van der Waals surface area contributed by atoms with Gasteiger partial charge in [0.15, 0.2) is 0 Å². The van der Waals surface area contributed by atoms with Crippen molar-refractivity contribution in [1.29, 1.82) is 5.26 Å². The lowest BCUT2D eigenvalue weighted by Gasteiger charge is -2.16. The second-order valence-corrected chi connectivity index (χ2v) is 3.46. The Kier molecular flexibility index (Phi) is 2.29. The molecular formula is C9H6FN3S. The monoisotopic (exact) mass is 207 g/mol. The van der Waals surface area contributed by atoms with E-state index in [0.717, 1.165) is 0 Å². The SMILES string of the molecule is N#Cc1ccc(N2NC=CS2)cc1F. The summed E-state index contributed by atoms with van der Waals surface area (Å²) in [7, 11) is 0. The maximum atomic E-state index is 13.2. The maximum Gasteiger partial charge on any atom is 0.143 e. The lowest BCUT2D eigenvalue weighted by Crippen LogP contribution is -2.22. The minimum absolute atomic E-state index is 0.0610. The molecule has 0 spiro atoms. The van der Waals surface area contributed by atoms with Crippen LogP contribution in [0.5, 0.6) is 0 Å². The number of halogens is 1. The van der Waals surface area contributed by atoms with E-state index in [2.05, 4.69) is 5.43 Å². The van der Waals surface area contributed by atoms with E-state index in [0.29, 0.717) is 5.69 Å². The number of benzene rings is 1. The first kappa shape index (κ1) is 8.91. The third-order valence-corrected chi connectivity index (χ3v) is 2.52. The summed E-state index contributed by atoms with van der Waals surface area (Å²) in [5.41, 5.74) is 3.64. The molecule has 1 N–H and O–H groups in total. The van der Waals surface area contributed by atoms with Gasteiger partial charge in [0.25, 0.3) is 0 Å². The first-order valence-electron chi connectivity index (χ1n) is 3.89. The zero-order valence-corrected chi connectivity index (χ0v) is 7.88. The van der Waals surface area contributed by atoms with Crippen LogP contribution in [0.25, 0.3) is 0 Å². The number of hydrogen-bond donors (Lipinski definition) is 1. The maximum absolute atomic E-state index is 13.2. The average Bonchev–Trinajstić information content (AvgIpc) is 2.70. The van der Waals surface area contributed by atoms with Gasteiger partial charge in [-0.3, -0.25) is 5.43 Å². The van der Waals surface area contributed by atoms with Crippen molar-refractivity contribution in [3.05, 3.63) is 41.2 Å². The molecule has 0 saturated carbocycles. The molecule has 0 fully saturated rings. The highest BCUT2D eigenvalue weighted by molar-refractivity contribution is 8.03. The third kappa shape index (κ3) is 1.52. The molecule has 0 saturated heterocycles. The summed E-state index contributed by atoms with van der Waals surface area (Å²) in [4.78, 5) is 0. The van der Waals surface area contributed by atoms with Crippen LogP contribution in [0, 0.1) is 17.1 Å². The molecule has 0 aromatic heterocycles. The topological polar surface area (TPSA) is 39.1 Å². The Balaban J connectivity index is 2.29. The molecule has 3 nitrogen and oxygen atoms in total. The van der Waals surface area contributed by atoms with Gasteiger partial charge in [0.05, 0.1) is 11.3 Å². The summed E-state index contributed by atoms with van der Waals surface area (Å²) < 4.78 is 14.9. The van der Waals surface area contributed by atoms with Crippen LogP contribution in [-0.2, 0) is 0 Å². The number of nitrogens with zero attached hydrogens (tertiary/aromatic N) is 2. The summed E-state index contributed by atoms with van der Waals surface area (Å²) >= 11 is 1.41. The second-order valence-electron chi connectivity index (χ2n) is 2.61. The molecule has 2 rings (SSSR count). The minimum atomic E-state index is -0.501. The molecular weight excluding hydrogens is 201 g/mol. The first-order valence-corrected chi connectivity index (χ1v) is 4.72. The van der Waals surface area contributed by atoms with Gasteiger partial charge in [0.2, 0.25) is 0 Å². The molecule has 5 heteroatoms. The van der Waals surface area contributed by atoms with E-state index in [4.69, 9.17) is 5.26 Å². The van der Waals surface area contributed by atoms with Gasteiger partial charge in [-0.25, -0.2) is 8.80 Å². The lowest BCUT2D eigenvalue weighted by atomic mass is 10.2. The molecule has 70 valence electrons. The highest BCUT2D eigenvalue weighted by Gasteiger charge is 2.10. The van der Waals surface area contributed by atoms with Crippen molar-refractivity contribution in [3.63, 3.8) is 0 Å². The van der Waals surface area contributed by atoms with Crippen LogP contribution >= 0.6 is 11.9 Å². The molecule has 0 radical (unpaired) electrons. The Morgan fingerprint density at radius 1 is 1.50 bits per heavy atom. The Labute approximate surface area is 84.9 Å². The standard InChI is InChI=1S/C9H6FN3S/c10-9-5-8(2-1-7(9)6-11)13-12-3-4-14-13/h1-5,12H. The zero-order valence-electron chi connectivity index (χ0n) is 7.07. The fraction of sp³-hybridized carbons (Fsp3) is 0. The Morgan fingerprint density at radius 3 is 2.93 bits per heavy atom. The number of nitrogens with one attached hydrogen (secondary N) is 1. The predicted octanol–water partition coefficient (Wildman–Crippen LogP) is 2.14. The van der Waals surface area contributed by atoms with E-state index in [1.54, 1.807) is 22.7 Å². The van der Waals surface area contributed by atoms with Crippen LogP contribution in [-0.4, -0.2) is 0 Å². The van der Waals surface area contributed by atoms with E-state index >= 15 is 0 Å². The van der Waals surface area contributed by atoms with Gasteiger partial charge in [0.1, 0.15) is 11.9 Å². The van der Waals surface area contributed by atoms with E-state index in [1.807, 2.05) is 5.41 Å². The summed E-state index contributed by atoms with van der Waals surface area (Å²) in [5, 5.41) is 10.4. The first-order chi connectivity index (χ1) is 6.81. The van der Waals surface area contributed by atoms with Gasteiger partial charge < -0.3 is 0 Å². The molecule has 0 unspecified atom stereocenters. The summed E-state index contributed by atoms with van der Waals surface area (Å²) in [5.74, 6) is -0.501. The van der Waals surface area contributed by atoms with Crippen LogP contribution in [0.15, 0.2) is 29.8 Å². The minimum Gasteiger partial charge on any atom is -0.295 e. The molecule has 0 bridgehead atoms. The molecule has 1 aromatic carbocycles. The number of rotatable bonds is 1. The molecule has 1 aliphatic heterocycles. The molecule has 0 amide bonds. The Bertz CT molecular complexity index is 417. The van der Waals surface area contributed by atoms with E-state index in [-0.39, 0.29) is 5.56 Å². The summed E-state index contributed by atoms with van der Waals surface area (Å²) in [6, 6.07) is 6.25. The Hall–Kier alpha value is -1.67. The second kappa shape index (κ2) is 3.60. The van der Waals surface area contributed by atoms with Gasteiger partial charge in [-0.2, -0.15) is 5.26 Å². The fourth-order valence-corrected chi connectivity index (χ4v) is 1.68. The van der Waals surface area contributed by atoms with Crippen LogP contribution in [0.1, 0.15) is 5.56 Å². The smallest absolute Gasteiger partial charge is 0.143 e. The fourth-order valence-electron chi connectivity index (χ4n) is 1.08. The summed E-state index contributed by atoms with van der Waals surface area (Å²) in [6.45, 7) is 0. The van der Waals surface area contributed by atoms with Crippen LogP contribution < -0.4 is 9.84 Å². The van der Waals surface area contributed by atoms with E-state index < -0.39 is 5.82 Å². The van der Waals surface area contributed by atoms with Crippen LogP contribution in [0.4, 0.5) is 10.1 Å². The molecule has 0 aliphatic carbocycles. The molecule has 1 heterocycles. The van der Waals surface area contributed by atoms with Crippen molar-refractivity contribution in [1.82, 2.24) is 5.43 Å². The molecule has 1 aromatic rings. The van der Waals surface area contributed by atoms with Gasteiger partial charge in [0, 0.05) is 29.6 Å². The average molecular weight is 207 g/mol. The van der Waals surface area contributed by atoms with Crippen LogP contribution in [0.2, 0.25) is 0 Å². The van der Waals surface area contributed by atoms with Gasteiger partial charge in [-0.05, 0) is 12.1 Å². The number of hydrazine groups is 1. The molecule has 1 aliphatic rings. The highest BCUT2D eigenvalue weighted by Crippen LogP contribution is 2.25. The quantitative estimate of drug-likeness (QED) is 0.716. The van der Waals surface area contributed by atoms with Crippen molar-refractivity contribution in [2.75, 3.05) is 4.41 Å². The zero-order chi connectivity index (χ0) is 9.97. The van der Waals surface area contributed by atoms with E-state index in [1.165, 1.54) is 24.1 Å². The van der Waals surface area contributed by atoms with Crippen molar-refractivity contribution in [2.24, 2.45) is 0 Å². The van der Waals surface area contributed by atoms with Gasteiger partial charge >= 0.3 is 0 Å². The third-order valence-electron chi connectivity index (χ3n) is 1.73. The summed E-state index contributed by atoms with van der Waals surface area (Å²) in [6.07, 6.45) is 1.75. The van der Waals surface area contributed by atoms with Gasteiger partial charge in [-0.15, -0.1) is 0 Å². The molecule has 14 heavy (non-hydrogen) atoms. The van der Waals surface area contributed by atoms with E-state index in [9.17, 15) is 4.39 Å². The van der Waals surface area contributed by atoms with Crippen LogP contribution in [0.3, 0.4) is 0 Å². The van der Waals surface area contributed by atoms with Gasteiger partial charge in [-0.1, -0.05) is 0 Å². The predicted molar refractivity (Wildman–Crippen MR) is 53.5 cm³/mol. The normalized spacial score (nSPS) is 13.9. The lowest BCUT2D eigenvalue weighted by molar-refractivity contribution is 0.623. The number of hydrogen-bond acceptors (Lipinski definition) is 4. The molecule has 0 atom stereocenters. The van der Waals surface area contributed by atoms with Crippen molar-refractivity contribution < 1.29 is 4.39 Å². The highest BCUT2D eigenvalue weighted by atomic mass is 32.2. The van der Waals surface area contributed by atoms with Crippen molar-refractivity contribution in [3.8, 4) is 6.07 Å². The van der Waals surface area contributed by atoms with Crippen molar-refractivity contribution >= 4 is 17.6 Å². The number of anilines is 1. The number of nitriles is 1. The van der Waals surface area contributed by atoms with Crippen molar-refractivity contribution in [2.45, 2.75) is 0 Å².